The average molecular weight is 297 g/mol. The van der Waals surface area contributed by atoms with E-state index in [1.807, 2.05) is 49.4 Å². The van der Waals surface area contributed by atoms with Crippen molar-refractivity contribution in [1.82, 2.24) is 4.98 Å². The monoisotopic (exact) mass is 296 g/mol. The lowest BCUT2D eigenvalue weighted by Gasteiger charge is -2.10. The molecule has 0 radical (unpaired) electrons. The van der Waals surface area contributed by atoms with E-state index in [2.05, 4.69) is 4.98 Å². The van der Waals surface area contributed by atoms with Gasteiger partial charge in [-0.1, -0.05) is 35.9 Å². The number of aryl methyl sites for hydroxylation is 1. The van der Waals surface area contributed by atoms with E-state index >= 15 is 0 Å². The van der Waals surface area contributed by atoms with Gasteiger partial charge in [0.25, 0.3) is 5.91 Å². The molecule has 21 heavy (non-hydrogen) atoms. The second-order valence-corrected chi connectivity index (χ2v) is 5.30. The van der Waals surface area contributed by atoms with Crippen LogP contribution in [0.15, 0.2) is 48.7 Å². The number of carbonyl (C=O) groups is 1. The van der Waals surface area contributed by atoms with Crippen LogP contribution in [0.2, 0.25) is 5.02 Å². The molecule has 0 aliphatic carbocycles. The number of hydrogen-bond donors (Lipinski definition) is 1. The summed E-state index contributed by atoms with van der Waals surface area (Å²) in [5, 5.41) is 2.34. The molecule has 1 aromatic heterocycles. The first-order chi connectivity index (χ1) is 10.1. The van der Waals surface area contributed by atoms with Crippen LogP contribution in [0.4, 0.5) is 0 Å². The van der Waals surface area contributed by atoms with Crippen molar-refractivity contribution in [3.8, 4) is 11.1 Å². The highest BCUT2D eigenvalue weighted by Gasteiger charge is 2.11. The zero-order valence-corrected chi connectivity index (χ0v) is 12.2. The molecule has 3 aromatic rings. The van der Waals surface area contributed by atoms with Gasteiger partial charge >= 0.3 is 0 Å². The van der Waals surface area contributed by atoms with Crippen molar-refractivity contribution in [2.45, 2.75) is 6.92 Å². The SMILES string of the molecule is Cc1cccc(Cl)c1-c1ccc2ccnc(C(N)=O)c2c1. The van der Waals surface area contributed by atoms with Crippen LogP contribution >= 0.6 is 11.6 Å². The van der Waals surface area contributed by atoms with Crippen LogP contribution in [0, 0.1) is 6.92 Å². The molecule has 2 aromatic carbocycles. The van der Waals surface area contributed by atoms with Crippen LogP contribution in [-0.4, -0.2) is 10.9 Å². The van der Waals surface area contributed by atoms with Crippen LogP contribution < -0.4 is 5.73 Å². The molecule has 0 spiro atoms. The van der Waals surface area contributed by atoms with Gasteiger partial charge in [0, 0.05) is 22.2 Å². The number of amides is 1. The predicted molar refractivity (Wildman–Crippen MR) is 85.4 cm³/mol. The summed E-state index contributed by atoms with van der Waals surface area (Å²) in [6.07, 6.45) is 1.59. The third-order valence-corrected chi connectivity index (χ3v) is 3.83. The van der Waals surface area contributed by atoms with E-state index in [1.165, 1.54) is 0 Å². The number of aromatic nitrogens is 1. The Morgan fingerprint density at radius 1 is 1.19 bits per heavy atom. The Labute approximate surface area is 127 Å². The highest BCUT2D eigenvalue weighted by atomic mass is 35.5. The second-order valence-electron chi connectivity index (χ2n) is 4.89. The summed E-state index contributed by atoms with van der Waals surface area (Å²) in [5.41, 5.74) is 8.66. The Balaban J connectivity index is 2.31. The summed E-state index contributed by atoms with van der Waals surface area (Å²) in [6, 6.07) is 13.5. The first kappa shape index (κ1) is 13.6. The Hall–Kier alpha value is -2.39. The number of carbonyl (C=O) groups excluding carboxylic acids is 1. The van der Waals surface area contributed by atoms with Gasteiger partial charge in [-0.25, -0.2) is 0 Å². The van der Waals surface area contributed by atoms with Crippen molar-refractivity contribution < 1.29 is 4.79 Å². The Morgan fingerprint density at radius 2 is 2.00 bits per heavy atom. The second kappa shape index (κ2) is 5.19. The maximum Gasteiger partial charge on any atom is 0.267 e. The minimum atomic E-state index is -0.534. The molecule has 104 valence electrons. The number of rotatable bonds is 2. The largest absolute Gasteiger partial charge is 0.364 e. The zero-order valence-electron chi connectivity index (χ0n) is 11.4. The summed E-state index contributed by atoms with van der Waals surface area (Å²) in [7, 11) is 0. The van der Waals surface area contributed by atoms with Gasteiger partial charge in [-0.2, -0.15) is 0 Å². The number of halogens is 1. The van der Waals surface area contributed by atoms with Gasteiger partial charge in [-0.3, -0.25) is 9.78 Å². The predicted octanol–water partition coefficient (Wildman–Crippen LogP) is 3.96. The van der Waals surface area contributed by atoms with E-state index < -0.39 is 5.91 Å². The molecular formula is C17H13ClN2O. The number of primary amides is 1. The number of hydrogen-bond acceptors (Lipinski definition) is 2. The molecule has 0 aliphatic heterocycles. The first-order valence-electron chi connectivity index (χ1n) is 6.52. The van der Waals surface area contributed by atoms with Crippen molar-refractivity contribution in [3.05, 3.63) is 64.9 Å². The molecule has 3 rings (SSSR count). The van der Waals surface area contributed by atoms with Crippen LogP contribution in [0.3, 0.4) is 0 Å². The number of pyridine rings is 1. The van der Waals surface area contributed by atoms with Gasteiger partial charge in [0.2, 0.25) is 0 Å². The molecule has 0 atom stereocenters. The summed E-state index contributed by atoms with van der Waals surface area (Å²) in [5.74, 6) is -0.534. The number of nitrogens with two attached hydrogens (primary N) is 1. The van der Waals surface area contributed by atoms with E-state index in [0.717, 1.165) is 27.5 Å². The summed E-state index contributed by atoms with van der Waals surface area (Å²) in [4.78, 5) is 15.6. The third-order valence-electron chi connectivity index (χ3n) is 3.51. The van der Waals surface area contributed by atoms with Gasteiger partial charge in [0.15, 0.2) is 0 Å². The van der Waals surface area contributed by atoms with Crippen molar-refractivity contribution in [1.29, 1.82) is 0 Å². The van der Waals surface area contributed by atoms with E-state index in [4.69, 9.17) is 17.3 Å². The van der Waals surface area contributed by atoms with Crippen molar-refractivity contribution >= 4 is 28.3 Å². The van der Waals surface area contributed by atoms with Gasteiger partial charge in [-0.05, 0) is 41.6 Å². The summed E-state index contributed by atoms with van der Waals surface area (Å²) < 4.78 is 0. The maximum atomic E-state index is 11.5. The highest BCUT2D eigenvalue weighted by molar-refractivity contribution is 6.33. The number of fused-ring (bicyclic) bond motifs is 1. The minimum Gasteiger partial charge on any atom is -0.364 e. The van der Waals surface area contributed by atoms with Crippen LogP contribution in [0.1, 0.15) is 16.1 Å². The highest BCUT2D eigenvalue weighted by Crippen LogP contribution is 2.33. The Bertz CT molecular complexity index is 838. The normalized spacial score (nSPS) is 10.8. The van der Waals surface area contributed by atoms with Gasteiger partial charge < -0.3 is 5.73 Å². The van der Waals surface area contributed by atoms with E-state index in [9.17, 15) is 4.79 Å². The first-order valence-corrected chi connectivity index (χ1v) is 6.90. The molecule has 2 N–H and O–H groups in total. The molecule has 0 unspecified atom stereocenters. The van der Waals surface area contributed by atoms with Crippen molar-refractivity contribution in [2.75, 3.05) is 0 Å². The topological polar surface area (TPSA) is 56.0 Å². The molecule has 1 amide bonds. The lowest BCUT2D eigenvalue weighted by molar-refractivity contribution is 0.0997. The molecule has 3 nitrogen and oxygen atoms in total. The lowest BCUT2D eigenvalue weighted by Crippen LogP contribution is -2.13. The van der Waals surface area contributed by atoms with E-state index in [1.54, 1.807) is 6.20 Å². The lowest BCUT2D eigenvalue weighted by atomic mass is 9.97. The minimum absolute atomic E-state index is 0.277. The standard InChI is InChI=1S/C17H13ClN2O/c1-10-3-2-4-14(18)15(10)12-6-5-11-7-8-20-16(17(19)21)13(11)9-12/h2-9H,1H3,(H2,19,21). The van der Waals surface area contributed by atoms with Crippen LogP contribution in [0.25, 0.3) is 21.9 Å². The van der Waals surface area contributed by atoms with E-state index in [-0.39, 0.29) is 5.69 Å². The fraction of sp³-hybridized carbons (Fsp3) is 0.0588. The summed E-state index contributed by atoms with van der Waals surface area (Å²) >= 11 is 6.31. The van der Waals surface area contributed by atoms with Gasteiger partial charge in [0.05, 0.1) is 0 Å². The van der Waals surface area contributed by atoms with Gasteiger partial charge in [0.1, 0.15) is 5.69 Å². The molecule has 4 heteroatoms. The zero-order chi connectivity index (χ0) is 15.0. The quantitative estimate of drug-likeness (QED) is 0.778. The van der Waals surface area contributed by atoms with Crippen molar-refractivity contribution in [3.63, 3.8) is 0 Å². The molecular weight excluding hydrogens is 284 g/mol. The molecule has 0 aliphatic rings. The van der Waals surface area contributed by atoms with Crippen LogP contribution in [0.5, 0.6) is 0 Å². The summed E-state index contributed by atoms with van der Waals surface area (Å²) in [6.45, 7) is 2.00. The smallest absolute Gasteiger partial charge is 0.267 e. The van der Waals surface area contributed by atoms with Crippen LogP contribution in [-0.2, 0) is 0 Å². The Morgan fingerprint density at radius 3 is 2.71 bits per heavy atom. The fourth-order valence-corrected chi connectivity index (χ4v) is 2.85. The third kappa shape index (κ3) is 2.36. The number of benzene rings is 2. The van der Waals surface area contributed by atoms with Crippen molar-refractivity contribution in [2.24, 2.45) is 5.73 Å². The molecule has 0 saturated heterocycles. The average Bonchev–Trinajstić information content (AvgIpc) is 2.46. The molecule has 0 saturated carbocycles. The maximum absolute atomic E-state index is 11.5. The molecule has 0 fully saturated rings. The van der Waals surface area contributed by atoms with Gasteiger partial charge in [-0.15, -0.1) is 0 Å². The fourth-order valence-electron chi connectivity index (χ4n) is 2.52. The van der Waals surface area contributed by atoms with E-state index in [0.29, 0.717) is 5.02 Å². The molecule has 1 heterocycles. The Kier molecular flexibility index (Phi) is 3.35. The number of nitrogens with zero attached hydrogens (tertiary/aromatic N) is 1. The molecule has 0 bridgehead atoms.